The molecule has 0 bridgehead atoms. The minimum Gasteiger partial charge on any atom is -0.465 e. The molecule has 3 nitrogen and oxygen atoms in total. The number of esters is 1. The van der Waals surface area contributed by atoms with Crippen molar-refractivity contribution in [2.24, 2.45) is 11.3 Å². The molecule has 0 aromatic carbocycles. The van der Waals surface area contributed by atoms with E-state index in [0.717, 1.165) is 19.3 Å². The maximum atomic E-state index is 12.4. The second-order valence-electron chi connectivity index (χ2n) is 8.40. The highest BCUT2D eigenvalue weighted by molar-refractivity contribution is 5.73. The predicted octanol–water partition coefficient (Wildman–Crippen LogP) is 5.65. The van der Waals surface area contributed by atoms with Crippen molar-refractivity contribution in [3.63, 3.8) is 0 Å². The van der Waals surface area contributed by atoms with Gasteiger partial charge in [-0.05, 0) is 19.3 Å². The third-order valence-corrected chi connectivity index (χ3v) is 5.98. The van der Waals surface area contributed by atoms with Gasteiger partial charge in [0.25, 0.3) is 0 Å². The Bertz CT molecular complexity index is 377. The molecule has 24 heavy (non-hydrogen) atoms. The average molecular weight is 339 g/mol. The molecule has 0 amide bonds. The lowest BCUT2D eigenvalue weighted by Gasteiger charge is -2.34. The summed E-state index contributed by atoms with van der Waals surface area (Å²) in [5.74, 6) is 0.0224. The van der Waals surface area contributed by atoms with Crippen molar-refractivity contribution >= 4 is 5.97 Å². The zero-order valence-electron chi connectivity index (χ0n) is 16.1. The van der Waals surface area contributed by atoms with Gasteiger partial charge >= 0.3 is 5.97 Å². The van der Waals surface area contributed by atoms with Crippen LogP contribution >= 0.6 is 0 Å². The van der Waals surface area contributed by atoms with Gasteiger partial charge in [0.05, 0.1) is 24.7 Å². The van der Waals surface area contributed by atoms with Crippen molar-refractivity contribution in [1.82, 2.24) is 0 Å². The van der Waals surface area contributed by atoms with Crippen molar-refractivity contribution in [2.75, 3.05) is 6.61 Å². The molecule has 0 aromatic heterocycles. The predicted molar refractivity (Wildman–Crippen MR) is 98.0 cm³/mol. The molecule has 0 radical (unpaired) electrons. The van der Waals surface area contributed by atoms with E-state index in [4.69, 9.17) is 9.47 Å². The molecule has 0 N–H and O–H groups in total. The summed E-state index contributed by atoms with van der Waals surface area (Å²) in [6.45, 7) is 7.17. The van der Waals surface area contributed by atoms with Crippen molar-refractivity contribution in [3.8, 4) is 0 Å². The third kappa shape index (κ3) is 5.75. The highest BCUT2D eigenvalue weighted by Gasteiger charge is 2.58. The molecule has 1 aliphatic carbocycles. The molecule has 0 spiro atoms. The van der Waals surface area contributed by atoms with E-state index >= 15 is 0 Å². The summed E-state index contributed by atoms with van der Waals surface area (Å²) in [5, 5.41) is 0. The molecule has 1 saturated carbocycles. The topological polar surface area (TPSA) is 38.8 Å². The van der Waals surface area contributed by atoms with Gasteiger partial charge in [-0.15, -0.1) is 0 Å². The quantitative estimate of drug-likeness (QED) is 0.262. The smallest absolute Gasteiger partial charge is 0.309 e. The van der Waals surface area contributed by atoms with Crippen LogP contribution in [0.15, 0.2) is 0 Å². The van der Waals surface area contributed by atoms with Gasteiger partial charge in [0, 0.05) is 5.41 Å². The van der Waals surface area contributed by atoms with Gasteiger partial charge < -0.3 is 9.47 Å². The molecule has 2 aliphatic rings. The van der Waals surface area contributed by atoms with Crippen molar-refractivity contribution in [3.05, 3.63) is 0 Å². The van der Waals surface area contributed by atoms with E-state index in [-0.39, 0.29) is 23.4 Å². The second-order valence-corrected chi connectivity index (χ2v) is 8.40. The molecular weight excluding hydrogens is 300 g/mol. The Hall–Kier alpha value is -0.570. The molecule has 1 heterocycles. The first-order valence-electron chi connectivity index (χ1n) is 10.4. The van der Waals surface area contributed by atoms with E-state index in [1.807, 2.05) is 0 Å². The Balaban J connectivity index is 1.45. The lowest BCUT2D eigenvalue weighted by Crippen LogP contribution is -2.40. The summed E-state index contributed by atoms with van der Waals surface area (Å²) in [4.78, 5) is 12.4. The lowest BCUT2D eigenvalue weighted by molar-refractivity contribution is -0.154. The van der Waals surface area contributed by atoms with Crippen molar-refractivity contribution in [1.29, 1.82) is 0 Å². The van der Waals surface area contributed by atoms with Crippen LogP contribution in [0.25, 0.3) is 0 Å². The number of hydrogen-bond acceptors (Lipinski definition) is 3. The van der Waals surface area contributed by atoms with Crippen LogP contribution in [0.2, 0.25) is 0 Å². The first-order chi connectivity index (χ1) is 11.6. The van der Waals surface area contributed by atoms with Crippen LogP contribution in [0.4, 0.5) is 0 Å². The normalized spacial score (nSPS) is 27.5. The molecule has 3 heteroatoms. The zero-order valence-corrected chi connectivity index (χ0v) is 16.1. The Morgan fingerprint density at radius 1 is 0.958 bits per heavy atom. The first kappa shape index (κ1) is 19.8. The summed E-state index contributed by atoms with van der Waals surface area (Å²) < 4.78 is 11.2. The van der Waals surface area contributed by atoms with Gasteiger partial charge in [0.15, 0.2) is 0 Å². The van der Waals surface area contributed by atoms with Gasteiger partial charge in [0.1, 0.15) is 0 Å². The number of carbonyl (C=O) groups excluding carboxylic acids is 1. The lowest BCUT2D eigenvalue weighted by atomic mass is 9.69. The Morgan fingerprint density at radius 3 is 2.17 bits per heavy atom. The van der Waals surface area contributed by atoms with Gasteiger partial charge in [-0.25, -0.2) is 0 Å². The van der Waals surface area contributed by atoms with Crippen LogP contribution in [0.1, 0.15) is 97.8 Å². The number of unbranched alkanes of at least 4 members (excludes halogenated alkanes) is 9. The highest BCUT2D eigenvalue weighted by Crippen LogP contribution is 2.52. The first-order valence-corrected chi connectivity index (χ1v) is 10.4. The molecule has 2 fully saturated rings. The SMILES string of the molecule is CCCCCCCCCCCCOC(=O)C1CCC2OC2C1(C)C. The maximum Gasteiger partial charge on any atom is 0.309 e. The Kier molecular flexibility index (Phi) is 8.06. The third-order valence-electron chi connectivity index (χ3n) is 5.98. The van der Waals surface area contributed by atoms with Gasteiger partial charge in [-0.1, -0.05) is 78.6 Å². The average Bonchev–Trinajstić information content (AvgIpc) is 3.33. The molecule has 3 atom stereocenters. The van der Waals surface area contributed by atoms with E-state index in [1.54, 1.807) is 0 Å². The van der Waals surface area contributed by atoms with Crippen LogP contribution in [-0.4, -0.2) is 24.8 Å². The second kappa shape index (κ2) is 9.79. The van der Waals surface area contributed by atoms with Gasteiger partial charge in [-0.2, -0.15) is 0 Å². The van der Waals surface area contributed by atoms with E-state index in [9.17, 15) is 4.79 Å². The summed E-state index contributed by atoms with van der Waals surface area (Å²) >= 11 is 0. The van der Waals surface area contributed by atoms with Crippen molar-refractivity contribution in [2.45, 2.75) is 110 Å². The maximum absolute atomic E-state index is 12.4. The molecule has 2 rings (SSSR count). The van der Waals surface area contributed by atoms with Gasteiger partial charge in [0.2, 0.25) is 0 Å². The fraction of sp³-hybridized carbons (Fsp3) is 0.952. The fourth-order valence-electron chi connectivity index (χ4n) is 4.20. The zero-order chi connectivity index (χ0) is 17.4. The molecule has 140 valence electrons. The van der Waals surface area contributed by atoms with Crippen LogP contribution in [0.5, 0.6) is 0 Å². The number of fused-ring (bicyclic) bond motifs is 1. The number of hydrogen-bond donors (Lipinski definition) is 0. The monoisotopic (exact) mass is 338 g/mol. The summed E-state index contributed by atoms with van der Waals surface area (Å²) in [6, 6.07) is 0. The van der Waals surface area contributed by atoms with Gasteiger partial charge in [-0.3, -0.25) is 4.79 Å². The molecule has 0 aromatic rings. The van der Waals surface area contributed by atoms with Crippen LogP contribution in [-0.2, 0) is 14.3 Å². The summed E-state index contributed by atoms with van der Waals surface area (Å²) in [7, 11) is 0. The van der Waals surface area contributed by atoms with Crippen molar-refractivity contribution < 1.29 is 14.3 Å². The Labute approximate surface area is 148 Å². The molecule has 3 unspecified atom stereocenters. The summed E-state index contributed by atoms with van der Waals surface area (Å²) in [5.41, 5.74) is -0.0578. The standard InChI is InChI=1S/C21H38O3/c1-4-5-6-7-8-9-10-11-12-13-16-23-20(22)17-14-15-18-19(24-18)21(17,2)3/h17-19H,4-16H2,1-3H3. The number of epoxide rings is 1. The number of rotatable bonds is 12. The van der Waals surface area contributed by atoms with Crippen LogP contribution in [0, 0.1) is 11.3 Å². The van der Waals surface area contributed by atoms with E-state index in [0.29, 0.717) is 12.7 Å². The minimum absolute atomic E-state index is 0.00451. The Morgan fingerprint density at radius 2 is 1.54 bits per heavy atom. The summed E-state index contributed by atoms with van der Waals surface area (Å²) in [6.07, 6.45) is 15.7. The van der Waals surface area contributed by atoms with Crippen LogP contribution < -0.4 is 0 Å². The van der Waals surface area contributed by atoms with E-state index < -0.39 is 0 Å². The highest BCUT2D eigenvalue weighted by atomic mass is 16.6. The number of ether oxygens (including phenoxy) is 2. The minimum atomic E-state index is -0.0578. The van der Waals surface area contributed by atoms with E-state index in [1.165, 1.54) is 57.8 Å². The molecular formula is C21H38O3. The fourth-order valence-corrected chi connectivity index (χ4v) is 4.20. The molecule has 1 aliphatic heterocycles. The largest absolute Gasteiger partial charge is 0.465 e. The molecule has 1 saturated heterocycles. The van der Waals surface area contributed by atoms with Crippen LogP contribution in [0.3, 0.4) is 0 Å². The number of carbonyl (C=O) groups is 1. The van der Waals surface area contributed by atoms with E-state index in [2.05, 4.69) is 20.8 Å².